The quantitative estimate of drug-likeness (QED) is 0.677. The molecule has 90 valence electrons. The lowest BCUT2D eigenvalue weighted by Crippen LogP contribution is -2.25. The topological polar surface area (TPSA) is 48.4 Å². The van der Waals surface area contributed by atoms with Gasteiger partial charge in [-0.3, -0.25) is 0 Å². The van der Waals surface area contributed by atoms with Crippen molar-refractivity contribution in [2.45, 2.75) is 19.9 Å². The zero-order chi connectivity index (χ0) is 11.8. The van der Waals surface area contributed by atoms with E-state index in [0.29, 0.717) is 6.54 Å². The van der Waals surface area contributed by atoms with Crippen LogP contribution in [0.2, 0.25) is 0 Å². The normalized spacial score (nSPS) is 10.4. The Kier molecular flexibility index (Phi) is 5.82. The second-order valence-electron chi connectivity index (χ2n) is 3.81. The fourth-order valence-electron chi connectivity index (χ4n) is 1.57. The molecule has 16 heavy (non-hydrogen) atoms. The minimum Gasteiger partial charge on any atom is -0.395 e. The van der Waals surface area contributed by atoms with Crippen LogP contribution in [0.1, 0.15) is 18.9 Å². The van der Waals surface area contributed by atoms with Crippen LogP contribution in [0.3, 0.4) is 0 Å². The van der Waals surface area contributed by atoms with Crippen molar-refractivity contribution in [1.82, 2.24) is 10.3 Å². The molecule has 4 heteroatoms. The highest BCUT2D eigenvalue weighted by molar-refractivity contribution is 5.45. The third-order valence-corrected chi connectivity index (χ3v) is 2.41. The number of aliphatic hydroxyl groups is 1. The monoisotopic (exact) mass is 223 g/mol. The van der Waals surface area contributed by atoms with Crippen LogP contribution in [0.15, 0.2) is 18.3 Å². The summed E-state index contributed by atoms with van der Waals surface area (Å²) < 4.78 is 0. The van der Waals surface area contributed by atoms with E-state index in [2.05, 4.69) is 23.3 Å². The van der Waals surface area contributed by atoms with Crippen molar-refractivity contribution in [1.29, 1.82) is 0 Å². The maximum Gasteiger partial charge on any atom is 0.132 e. The number of hydrogen-bond donors (Lipinski definition) is 2. The highest BCUT2D eigenvalue weighted by atomic mass is 16.3. The van der Waals surface area contributed by atoms with E-state index in [1.807, 2.05) is 18.0 Å². The van der Waals surface area contributed by atoms with Gasteiger partial charge >= 0.3 is 0 Å². The summed E-state index contributed by atoms with van der Waals surface area (Å²) in [5.74, 6) is 0.945. The predicted molar refractivity (Wildman–Crippen MR) is 66.6 cm³/mol. The van der Waals surface area contributed by atoms with E-state index in [1.165, 1.54) is 5.56 Å². The van der Waals surface area contributed by atoms with Gasteiger partial charge in [0.1, 0.15) is 5.82 Å². The van der Waals surface area contributed by atoms with Crippen molar-refractivity contribution in [3.05, 3.63) is 23.9 Å². The zero-order valence-corrected chi connectivity index (χ0v) is 10.1. The Balaban J connectivity index is 2.67. The Morgan fingerprint density at radius 3 is 3.00 bits per heavy atom. The lowest BCUT2D eigenvalue weighted by Gasteiger charge is -2.20. The van der Waals surface area contributed by atoms with Crippen LogP contribution in [-0.2, 0) is 6.54 Å². The fourth-order valence-corrected chi connectivity index (χ4v) is 1.57. The van der Waals surface area contributed by atoms with E-state index in [9.17, 15) is 0 Å². The van der Waals surface area contributed by atoms with Gasteiger partial charge in [-0.05, 0) is 19.0 Å². The van der Waals surface area contributed by atoms with E-state index in [0.717, 1.165) is 25.3 Å². The molecule has 1 aromatic rings. The average Bonchev–Trinajstić information content (AvgIpc) is 2.30. The van der Waals surface area contributed by atoms with Crippen molar-refractivity contribution < 1.29 is 5.11 Å². The minimum atomic E-state index is 0.148. The van der Waals surface area contributed by atoms with Crippen molar-refractivity contribution in [2.24, 2.45) is 0 Å². The number of hydrogen-bond acceptors (Lipinski definition) is 4. The smallest absolute Gasteiger partial charge is 0.132 e. The summed E-state index contributed by atoms with van der Waals surface area (Å²) in [6.07, 6.45) is 2.91. The van der Waals surface area contributed by atoms with Gasteiger partial charge in [0, 0.05) is 31.9 Å². The first-order chi connectivity index (χ1) is 7.79. The zero-order valence-electron chi connectivity index (χ0n) is 10.1. The predicted octanol–water partition coefficient (Wildman–Crippen LogP) is 1.01. The lowest BCUT2D eigenvalue weighted by molar-refractivity contribution is 0.303. The molecule has 0 atom stereocenters. The first-order valence-corrected chi connectivity index (χ1v) is 5.76. The molecule has 0 aliphatic rings. The van der Waals surface area contributed by atoms with E-state index in [1.54, 1.807) is 6.20 Å². The number of nitrogens with zero attached hydrogens (tertiary/aromatic N) is 2. The second kappa shape index (κ2) is 7.19. The molecule has 0 saturated carbocycles. The van der Waals surface area contributed by atoms with Crippen molar-refractivity contribution in [3.63, 3.8) is 0 Å². The van der Waals surface area contributed by atoms with Gasteiger partial charge in [0.15, 0.2) is 0 Å². The molecule has 0 amide bonds. The van der Waals surface area contributed by atoms with Gasteiger partial charge < -0.3 is 15.3 Å². The maximum absolute atomic E-state index is 8.92. The summed E-state index contributed by atoms with van der Waals surface area (Å²) in [6, 6.07) is 4.01. The number of aliphatic hydroxyl groups excluding tert-OH is 1. The Bertz CT molecular complexity index is 304. The van der Waals surface area contributed by atoms with Crippen LogP contribution in [0.25, 0.3) is 0 Å². The molecule has 0 saturated heterocycles. The number of nitrogens with one attached hydrogen (secondary N) is 1. The van der Waals surface area contributed by atoms with Crippen LogP contribution in [0.5, 0.6) is 0 Å². The number of aromatic nitrogens is 1. The first kappa shape index (κ1) is 12.9. The Morgan fingerprint density at radius 2 is 2.31 bits per heavy atom. The summed E-state index contributed by atoms with van der Waals surface area (Å²) in [6.45, 7) is 4.74. The van der Waals surface area contributed by atoms with Crippen LogP contribution in [-0.4, -0.2) is 36.8 Å². The molecular weight excluding hydrogens is 202 g/mol. The highest BCUT2D eigenvalue weighted by Gasteiger charge is 2.07. The molecule has 0 aromatic carbocycles. The summed E-state index contributed by atoms with van der Waals surface area (Å²) in [7, 11) is 1.95. The number of anilines is 1. The second-order valence-corrected chi connectivity index (χ2v) is 3.81. The average molecular weight is 223 g/mol. The number of pyridine rings is 1. The van der Waals surface area contributed by atoms with E-state index in [4.69, 9.17) is 5.11 Å². The molecule has 0 unspecified atom stereocenters. The molecule has 4 nitrogen and oxygen atoms in total. The minimum absolute atomic E-state index is 0.148. The fraction of sp³-hybridized carbons (Fsp3) is 0.583. The third-order valence-electron chi connectivity index (χ3n) is 2.41. The van der Waals surface area contributed by atoms with Crippen molar-refractivity contribution in [2.75, 3.05) is 31.6 Å². The van der Waals surface area contributed by atoms with E-state index in [-0.39, 0.29) is 6.61 Å². The van der Waals surface area contributed by atoms with Crippen LogP contribution < -0.4 is 10.2 Å². The van der Waals surface area contributed by atoms with Gasteiger partial charge in [0.25, 0.3) is 0 Å². The third kappa shape index (κ3) is 3.79. The number of likely N-dealkylation sites (N-methyl/N-ethyl adjacent to an activating group) is 1. The van der Waals surface area contributed by atoms with Gasteiger partial charge in [0.05, 0.1) is 6.61 Å². The van der Waals surface area contributed by atoms with Crippen molar-refractivity contribution in [3.8, 4) is 0 Å². The molecule has 2 N–H and O–H groups in total. The van der Waals surface area contributed by atoms with E-state index < -0.39 is 0 Å². The highest BCUT2D eigenvalue weighted by Crippen LogP contribution is 2.14. The molecule has 1 heterocycles. The lowest BCUT2D eigenvalue weighted by atomic mass is 10.2. The van der Waals surface area contributed by atoms with Crippen molar-refractivity contribution >= 4 is 5.82 Å². The Morgan fingerprint density at radius 1 is 1.50 bits per heavy atom. The summed E-state index contributed by atoms with van der Waals surface area (Å²) in [5, 5.41) is 12.3. The van der Waals surface area contributed by atoms with Gasteiger partial charge in [-0.15, -0.1) is 0 Å². The van der Waals surface area contributed by atoms with Crippen LogP contribution in [0.4, 0.5) is 5.82 Å². The summed E-state index contributed by atoms with van der Waals surface area (Å²) in [5.41, 5.74) is 1.17. The molecular formula is C12H21N3O. The number of rotatable bonds is 7. The molecule has 0 aliphatic carbocycles. The van der Waals surface area contributed by atoms with Crippen LogP contribution >= 0.6 is 0 Å². The van der Waals surface area contributed by atoms with E-state index >= 15 is 0 Å². The molecule has 0 fully saturated rings. The standard InChI is InChI=1S/C12H21N3O/c1-3-6-13-10-11-5-4-7-14-12(11)15(2)8-9-16/h4-5,7,13,16H,3,6,8-10H2,1-2H3. The van der Waals surface area contributed by atoms with Gasteiger partial charge in [-0.1, -0.05) is 13.0 Å². The SMILES string of the molecule is CCCNCc1cccnc1N(C)CCO. The van der Waals surface area contributed by atoms with Gasteiger partial charge in [-0.2, -0.15) is 0 Å². The summed E-state index contributed by atoms with van der Waals surface area (Å²) >= 11 is 0. The molecule has 1 aromatic heterocycles. The van der Waals surface area contributed by atoms with Crippen LogP contribution in [0, 0.1) is 0 Å². The first-order valence-electron chi connectivity index (χ1n) is 5.76. The Labute approximate surface area is 97.3 Å². The Hall–Kier alpha value is -1.13. The van der Waals surface area contributed by atoms with Gasteiger partial charge in [0.2, 0.25) is 0 Å². The van der Waals surface area contributed by atoms with Gasteiger partial charge in [-0.25, -0.2) is 4.98 Å². The molecule has 0 spiro atoms. The molecule has 1 rings (SSSR count). The molecule has 0 radical (unpaired) electrons. The molecule has 0 aliphatic heterocycles. The molecule has 0 bridgehead atoms. The largest absolute Gasteiger partial charge is 0.395 e. The summed E-state index contributed by atoms with van der Waals surface area (Å²) in [4.78, 5) is 6.33. The maximum atomic E-state index is 8.92.